The van der Waals surface area contributed by atoms with Gasteiger partial charge in [0.1, 0.15) is 17.9 Å². The van der Waals surface area contributed by atoms with Crippen molar-refractivity contribution in [3.63, 3.8) is 0 Å². The molecule has 36 heavy (non-hydrogen) atoms. The molecule has 0 saturated carbocycles. The first kappa shape index (κ1) is 23.2. The van der Waals surface area contributed by atoms with Crippen LogP contribution in [0.2, 0.25) is 0 Å². The van der Waals surface area contributed by atoms with Gasteiger partial charge in [-0.25, -0.2) is 15.0 Å². The fourth-order valence-electron chi connectivity index (χ4n) is 4.08. The maximum absolute atomic E-state index is 12.6. The molecule has 0 unspecified atom stereocenters. The monoisotopic (exact) mass is 482 g/mol. The van der Waals surface area contributed by atoms with Gasteiger partial charge >= 0.3 is 0 Å². The molecular weight excluding hydrogens is 456 g/mol. The van der Waals surface area contributed by atoms with Crippen molar-refractivity contribution in [2.24, 2.45) is 5.92 Å². The molecule has 1 aliphatic heterocycles. The summed E-state index contributed by atoms with van der Waals surface area (Å²) >= 11 is 0. The second kappa shape index (κ2) is 10.4. The molecule has 182 valence electrons. The minimum Gasteiger partial charge on any atom is -0.497 e. The Labute approximate surface area is 208 Å². The highest BCUT2D eigenvalue weighted by Crippen LogP contribution is 2.26. The molecule has 0 bridgehead atoms. The van der Waals surface area contributed by atoms with Crippen molar-refractivity contribution in [1.82, 2.24) is 24.8 Å². The van der Waals surface area contributed by atoms with Gasteiger partial charge in [0.25, 0.3) is 5.56 Å². The van der Waals surface area contributed by atoms with Crippen molar-refractivity contribution in [2.45, 2.75) is 6.54 Å². The predicted molar refractivity (Wildman–Crippen MR) is 137 cm³/mol. The Hall–Kier alpha value is -4.53. The van der Waals surface area contributed by atoms with Gasteiger partial charge in [0.2, 0.25) is 5.91 Å². The molecule has 1 aliphatic rings. The first-order valence-electron chi connectivity index (χ1n) is 11.7. The van der Waals surface area contributed by atoms with E-state index < -0.39 is 0 Å². The number of ether oxygens (including phenoxy) is 1. The summed E-state index contributed by atoms with van der Waals surface area (Å²) in [6, 6.07) is 20.7. The summed E-state index contributed by atoms with van der Waals surface area (Å²) in [4.78, 5) is 40.2. The molecule has 4 aromatic rings. The van der Waals surface area contributed by atoms with Crippen LogP contribution in [-0.4, -0.2) is 52.2 Å². The van der Waals surface area contributed by atoms with Crippen molar-refractivity contribution in [3.8, 4) is 28.3 Å². The van der Waals surface area contributed by atoms with E-state index in [4.69, 9.17) is 4.74 Å². The molecule has 1 saturated heterocycles. The van der Waals surface area contributed by atoms with Crippen LogP contribution < -0.4 is 20.5 Å². The number of methoxy groups -OCH3 is 1. The Bertz CT molecular complexity index is 1400. The van der Waals surface area contributed by atoms with Crippen molar-refractivity contribution < 1.29 is 9.53 Å². The Balaban J connectivity index is 1.11. The summed E-state index contributed by atoms with van der Waals surface area (Å²) < 4.78 is 6.65. The van der Waals surface area contributed by atoms with Crippen molar-refractivity contribution in [1.29, 1.82) is 0 Å². The molecule has 0 radical (unpaired) electrons. The first-order valence-corrected chi connectivity index (χ1v) is 11.7. The van der Waals surface area contributed by atoms with Crippen LogP contribution in [-0.2, 0) is 11.3 Å². The third kappa shape index (κ3) is 5.10. The number of anilines is 1. The van der Waals surface area contributed by atoms with E-state index in [0.717, 1.165) is 28.4 Å². The zero-order valence-corrected chi connectivity index (χ0v) is 19.9. The molecule has 2 aromatic carbocycles. The van der Waals surface area contributed by atoms with E-state index in [1.807, 2.05) is 60.7 Å². The third-order valence-corrected chi connectivity index (χ3v) is 6.22. The van der Waals surface area contributed by atoms with E-state index in [2.05, 4.69) is 25.2 Å². The second-order valence-electron chi connectivity index (χ2n) is 8.55. The second-order valence-corrected chi connectivity index (χ2v) is 8.55. The van der Waals surface area contributed by atoms with Crippen LogP contribution in [0.1, 0.15) is 0 Å². The number of nitrogens with zero attached hydrogens (tertiary/aromatic N) is 5. The predicted octanol–water partition coefficient (Wildman–Crippen LogP) is 2.63. The van der Waals surface area contributed by atoms with Gasteiger partial charge in [0.05, 0.1) is 30.7 Å². The normalized spacial score (nSPS) is 13.2. The Morgan fingerprint density at radius 3 is 2.42 bits per heavy atom. The molecular formula is C27H26N6O3. The van der Waals surface area contributed by atoms with E-state index >= 15 is 0 Å². The maximum atomic E-state index is 12.6. The number of aromatic nitrogens is 4. The van der Waals surface area contributed by atoms with Gasteiger partial charge in [0, 0.05) is 49.4 Å². The first-order chi connectivity index (χ1) is 17.6. The highest BCUT2D eigenvalue weighted by molar-refractivity contribution is 5.81. The molecule has 9 nitrogen and oxygen atoms in total. The van der Waals surface area contributed by atoms with Gasteiger partial charge in [-0.05, 0) is 24.3 Å². The van der Waals surface area contributed by atoms with Crippen LogP contribution in [0, 0.1) is 5.92 Å². The van der Waals surface area contributed by atoms with Crippen LogP contribution in [0.3, 0.4) is 0 Å². The lowest BCUT2D eigenvalue weighted by Gasteiger charge is -2.39. The zero-order chi connectivity index (χ0) is 24.9. The lowest BCUT2D eigenvalue weighted by atomic mass is 9.99. The summed E-state index contributed by atoms with van der Waals surface area (Å²) in [6.45, 7) is 1.89. The van der Waals surface area contributed by atoms with Crippen LogP contribution in [0.4, 0.5) is 5.82 Å². The summed E-state index contributed by atoms with van der Waals surface area (Å²) in [6.07, 6.45) is 3.06. The molecule has 5 rings (SSSR count). The molecule has 2 aromatic heterocycles. The molecule has 3 heterocycles. The van der Waals surface area contributed by atoms with Crippen LogP contribution in [0.5, 0.6) is 5.75 Å². The van der Waals surface area contributed by atoms with Crippen LogP contribution in [0.15, 0.2) is 84.2 Å². The minimum absolute atomic E-state index is 0.0283. The average Bonchev–Trinajstić information content (AvgIpc) is 2.89. The van der Waals surface area contributed by atoms with Crippen molar-refractivity contribution >= 4 is 11.7 Å². The lowest BCUT2D eigenvalue weighted by Crippen LogP contribution is -2.54. The average molecular weight is 483 g/mol. The smallest absolute Gasteiger partial charge is 0.253 e. The van der Waals surface area contributed by atoms with E-state index in [1.165, 1.54) is 17.0 Å². The van der Waals surface area contributed by atoms with Crippen molar-refractivity contribution in [2.75, 3.05) is 31.6 Å². The lowest BCUT2D eigenvalue weighted by molar-refractivity contribution is -0.125. The largest absolute Gasteiger partial charge is 0.497 e. The topological polar surface area (TPSA) is 102 Å². The number of hydrogen-bond acceptors (Lipinski definition) is 7. The SMILES string of the molecule is COc1ccc(-c2cc(=O)n(CCNC(=O)C3CN(c4cc(-c5ccccc5)ncn4)C3)cn2)cc1. The summed E-state index contributed by atoms with van der Waals surface area (Å²) in [7, 11) is 1.61. The minimum atomic E-state index is -0.169. The standard InChI is InChI=1S/C27H26N6O3/c1-36-22-9-7-20(8-10-22)24-14-26(34)32(18-31-24)12-11-28-27(35)21-15-33(16-21)25-13-23(29-17-30-25)19-5-3-2-4-6-19/h2-10,13-14,17-18,21H,11-12,15-16H2,1H3,(H,28,35). The number of rotatable bonds is 8. The van der Waals surface area contributed by atoms with E-state index in [-0.39, 0.29) is 17.4 Å². The molecule has 9 heteroatoms. The molecule has 0 spiro atoms. The van der Waals surface area contributed by atoms with Gasteiger partial charge < -0.3 is 15.0 Å². The van der Waals surface area contributed by atoms with Gasteiger partial charge in [-0.1, -0.05) is 30.3 Å². The Kier molecular flexibility index (Phi) is 6.70. The van der Waals surface area contributed by atoms with Crippen molar-refractivity contribution in [3.05, 3.63) is 89.7 Å². The zero-order valence-electron chi connectivity index (χ0n) is 19.9. The fourth-order valence-corrected chi connectivity index (χ4v) is 4.08. The van der Waals surface area contributed by atoms with E-state index in [9.17, 15) is 9.59 Å². The fraction of sp³-hybridized carbons (Fsp3) is 0.222. The van der Waals surface area contributed by atoms with Gasteiger partial charge in [-0.2, -0.15) is 0 Å². The summed E-state index contributed by atoms with van der Waals surface area (Å²) in [5, 5.41) is 2.93. The molecule has 1 N–H and O–H groups in total. The highest BCUT2D eigenvalue weighted by atomic mass is 16.5. The molecule has 0 aliphatic carbocycles. The Morgan fingerprint density at radius 1 is 0.972 bits per heavy atom. The number of carbonyl (C=O) groups excluding carboxylic acids is 1. The number of hydrogen-bond donors (Lipinski definition) is 1. The summed E-state index contributed by atoms with van der Waals surface area (Å²) in [5.74, 6) is 1.40. The highest BCUT2D eigenvalue weighted by Gasteiger charge is 2.33. The Morgan fingerprint density at radius 2 is 1.69 bits per heavy atom. The number of nitrogens with one attached hydrogen (secondary N) is 1. The number of carbonyl (C=O) groups is 1. The maximum Gasteiger partial charge on any atom is 0.253 e. The van der Waals surface area contributed by atoms with Crippen LogP contribution in [0.25, 0.3) is 22.5 Å². The summed E-state index contributed by atoms with van der Waals surface area (Å²) in [5.41, 5.74) is 3.14. The molecule has 1 amide bonds. The van der Waals surface area contributed by atoms with Gasteiger partial charge in [0.15, 0.2) is 0 Å². The van der Waals surface area contributed by atoms with E-state index in [1.54, 1.807) is 13.4 Å². The van der Waals surface area contributed by atoms with Crippen LogP contribution >= 0.6 is 0 Å². The number of amides is 1. The number of benzene rings is 2. The van der Waals surface area contributed by atoms with Gasteiger partial charge in [-0.15, -0.1) is 0 Å². The van der Waals surface area contributed by atoms with E-state index in [0.29, 0.717) is 31.9 Å². The molecule has 0 atom stereocenters. The molecule has 1 fully saturated rings. The van der Waals surface area contributed by atoms with Gasteiger partial charge in [-0.3, -0.25) is 14.2 Å². The third-order valence-electron chi connectivity index (χ3n) is 6.22. The quantitative estimate of drug-likeness (QED) is 0.412.